The Balaban J connectivity index is 2.94. The van der Waals surface area contributed by atoms with Gasteiger partial charge < -0.3 is 4.98 Å². The Morgan fingerprint density at radius 1 is 1.33 bits per heavy atom. The third-order valence-electron chi connectivity index (χ3n) is 1.69. The van der Waals surface area contributed by atoms with Crippen molar-refractivity contribution in [3.63, 3.8) is 0 Å². The Morgan fingerprint density at radius 3 is 2.83 bits per heavy atom. The van der Waals surface area contributed by atoms with E-state index in [0.29, 0.717) is 10.9 Å². The van der Waals surface area contributed by atoms with Crippen LogP contribution in [0.3, 0.4) is 0 Å². The fourth-order valence-electron chi connectivity index (χ4n) is 1.11. The lowest BCUT2D eigenvalue weighted by Crippen LogP contribution is -1.88. The molecule has 0 radical (unpaired) electrons. The Kier molecular flexibility index (Phi) is 1.79. The molecule has 1 aromatic heterocycles. The van der Waals surface area contributed by atoms with Crippen molar-refractivity contribution >= 4 is 33.5 Å². The van der Waals surface area contributed by atoms with E-state index in [0.717, 1.165) is 0 Å². The van der Waals surface area contributed by atoms with Gasteiger partial charge in [-0.3, -0.25) is 0 Å². The van der Waals surface area contributed by atoms with Crippen LogP contribution in [-0.4, -0.2) is 4.98 Å². The molecule has 0 saturated heterocycles. The van der Waals surface area contributed by atoms with E-state index in [-0.39, 0.29) is 3.57 Å². The molecule has 4 heteroatoms. The molecular formula is C8H4F2IN. The lowest BCUT2D eigenvalue weighted by atomic mass is 10.2. The van der Waals surface area contributed by atoms with Crippen molar-refractivity contribution in [3.05, 3.63) is 33.5 Å². The predicted molar refractivity (Wildman–Crippen MR) is 50.9 cm³/mol. The number of benzene rings is 1. The quantitative estimate of drug-likeness (QED) is 0.563. The minimum Gasteiger partial charge on any atom is -0.361 e. The van der Waals surface area contributed by atoms with Gasteiger partial charge in [0.2, 0.25) is 0 Å². The topological polar surface area (TPSA) is 15.8 Å². The van der Waals surface area contributed by atoms with Crippen molar-refractivity contribution in [2.24, 2.45) is 0 Å². The van der Waals surface area contributed by atoms with E-state index in [1.165, 1.54) is 6.07 Å². The van der Waals surface area contributed by atoms with Gasteiger partial charge in [0.25, 0.3) is 0 Å². The molecule has 1 N–H and O–H groups in total. The van der Waals surface area contributed by atoms with Crippen molar-refractivity contribution in [1.29, 1.82) is 0 Å². The molecule has 0 aliphatic rings. The minimum absolute atomic E-state index is 0.0414. The zero-order chi connectivity index (χ0) is 8.72. The summed E-state index contributed by atoms with van der Waals surface area (Å²) in [6.45, 7) is 0. The van der Waals surface area contributed by atoms with Crippen LogP contribution in [-0.2, 0) is 0 Å². The number of aromatic nitrogens is 1. The third-order valence-corrected chi connectivity index (χ3v) is 2.68. The summed E-state index contributed by atoms with van der Waals surface area (Å²) < 4.78 is 26.2. The summed E-state index contributed by atoms with van der Waals surface area (Å²) in [5.74, 6) is -1.02. The van der Waals surface area contributed by atoms with Crippen LogP contribution in [0.2, 0.25) is 0 Å². The number of rotatable bonds is 0. The van der Waals surface area contributed by atoms with Crippen LogP contribution < -0.4 is 0 Å². The molecular weight excluding hydrogens is 275 g/mol. The maximum atomic E-state index is 13.2. The number of hydrogen-bond acceptors (Lipinski definition) is 0. The molecule has 0 bridgehead atoms. The van der Waals surface area contributed by atoms with Gasteiger partial charge >= 0.3 is 0 Å². The average molecular weight is 279 g/mol. The van der Waals surface area contributed by atoms with E-state index >= 15 is 0 Å². The third kappa shape index (κ3) is 1.01. The first kappa shape index (κ1) is 7.97. The highest BCUT2D eigenvalue weighted by molar-refractivity contribution is 14.1. The minimum atomic E-state index is -0.525. The zero-order valence-corrected chi connectivity index (χ0v) is 8.02. The van der Waals surface area contributed by atoms with E-state index in [9.17, 15) is 8.78 Å². The smallest absolute Gasteiger partial charge is 0.148 e. The van der Waals surface area contributed by atoms with E-state index < -0.39 is 11.6 Å². The fraction of sp³-hybridized carbons (Fsp3) is 0. The normalized spacial score (nSPS) is 10.9. The molecule has 0 spiro atoms. The Labute approximate surface area is 80.9 Å². The molecule has 2 rings (SSSR count). The Morgan fingerprint density at radius 2 is 2.08 bits per heavy atom. The van der Waals surface area contributed by atoms with Crippen molar-refractivity contribution in [1.82, 2.24) is 4.98 Å². The highest BCUT2D eigenvalue weighted by Gasteiger charge is 2.10. The molecule has 1 aromatic carbocycles. The van der Waals surface area contributed by atoms with Crippen LogP contribution in [0.4, 0.5) is 8.78 Å². The summed E-state index contributed by atoms with van der Waals surface area (Å²) in [4.78, 5) is 2.75. The maximum Gasteiger partial charge on any atom is 0.148 e. The maximum absolute atomic E-state index is 13.2. The number of H-pyrrole nitrogens is 1. The van der Waals surface area contributed by atoms with Gasteiger partial charge in [-0.15, -0.1) is 0 Å². The van der Waals surface area contributed by atoms with E-state index in [1.54, 1.807) is 34.9 Å². The second kappa shape index (κ2) is 2.69. The summed E-state index contributed by atoms with van der Waals surface area (Å²) in [5.41, 5.74) is 0.491. The van der Waals surface area contributed by atoms with E-state index in [2.05, 4.69) is 4.98 Å². The molecule has 62 valence electrons. The lowest BCUT2D eigenvalue weighted by molar-refractivity contribution is 0.579. The highest BCUT2D eigenvalue weighted by atomic mass is 127. The summed E-state index contributed by atoms with van der Waals surface area (Å²) in [6.07, 6.45) is 1.59. The number of hydrogen-bond donors (Lipinski definition) is 1. The van der Waals surface area contributed by atoms with Crippen LogP contribution in [0.5, 0.6) is 0 Å². The molecule has 0 aliphatic heterocycles. The molecule has 0 unspecified atom stereocenters. The number of fused-ring (bicyclic) bond motifs is 1. The van der Waals surface area contributed by atoms with Gasteiger partial charge in [0, 0.05) is 11.6 Å². The Hall–Kier alpha value is -0.650. The van der Waals surface area contributed by atoms with E-state index in [4.69, 9.17) is 0 Å². The average Bonchev–Trinajstić information content (AvgIpc) is 2.48. The van der Waals surface area contributed by atoms with Gasteiger partial charge in [-0.1, -0.05) is 0 Å². The second-order valence-electron chi connectivity index (χ2n) is 2.43. The van der Waals surface area contributed by atoms with Gasteiger partial charge in [0.1, 0.15) is 11.6 Å². The standard InChI is InChI=1S/C8H4F2IN/c9-5-3-6-4(1-2-12-6)7(10)8(5)11/h1-3,12H. The van der Waals surface area contributed by atoms with Crippen LogP contribution in [0.1, 0.15) is 0 Å². The fourth-order valence-corrected chi connectivity index (χ4v) is 1.55. The Bertz CT molecular complexity index is 436. The van der Waals surface area contributed by atoms with Gasteiger partial charge in [0.15, 0.2) is 0 Å². The van der Waals surface area contributed by atoms with Crippen LogP contribution >= 0.6 is 22.6 Å². The highest BCUT2D eigenvalue weighted by Crippen LogP contribution is 2.23. The molecule has 0 aliphatic carbocycles. The second-order valence-corrected chi connectivity index (χ2v) is 3.50. The first-order chi connectivity index (χ1) is 5.70. The van der Waals surface area contributed by atoms with Gasteiger partial charge in [-0.2, -0.15) is 0 Å². The molecule has 0 atom stereocenters. The van der Waals surface area contributed by atoms with Crippen LogP contribution in [0.25, 0.3) is 10.9 Å². The predicted octanol–water partition coefficient (Wildman–Crippen LogP) is 3.05. The molecule has 0 fully saturated rings. The molecule has 2 aromatic rings. The molecule has 0 saturated carbocycles. The molecule has 1 nitrogen and oxygen atoms in total. The first-order valence-electron chi connectivity index (χ1n) is 3.30. The number of halogens is 3. The van der Waals surface area contributed by atoms with Crippen molar-refractivity contribution in [2.45, 2.75) is 0 Å². The van der Waals surface area contributed by atoms with Crippen LogP contribution in [0, 0.1) is 15.2 Å². The first-order valence-corrected chi connectivity index (χ1v) is 4.38. The monoisotopic (exact) mass is 279 g/mol. The summed E-state index contributed by atoms with van der Waals surface area (Å²) in [5, 5.41) is 0.431. The van der Waals surface area contributed by atoms with E-state index in [1.807, 2.05) is 0 Å². The van der Waals surface area contributed by atoms with Crippen molar-refractivity contribution in [3.8, 4) is 0 Å². The largest absolute Gasteiger partial charge is 0.361 e. The number of aromatic amines is 1. The zero-order valence-electron chi connectivity index (χ0n) is 5.87. The van der Waals surface area contributed by atoms with Crippen LogP contribution in [0.15, 0.2) is 18.3 Å². The van der Waals surface area contributed by atoms with Gasteiger partial charge in [-0.25, -0.2) is 8.78 Å². The SMILES string of the molecule is Fc1cc2[nH]ccc2c(F)c1I. The molecule has 12 heavy (non-hydrogen) atoms. The lowest BCUT2D eigenvalue weighted by Gasteiger charge is -1.97. The molecule has 1 heterocycles. The van der Waals surface area contributed by atoms with Crippen molar-refractivity contribution in [2.75, 3.05) is 0 Å². The van der Waals surface area contributed by atoms with Gasteiger partial charge in [0.05, 0.1) is 9.09 Å². The molecule has 0 amide bonds. The van der Waals surface area contributed by atoms with Gasteiger partial charge in [-0.05, 0) is 34.7 Å². The number of nitrogens with one attached hydrogen (secondary N) is 1. The van der Waals surface area contributed by atoms with Crippen molar-refractivity contribution < 1.29 is 8.78 Å². The summed E-state index contributed by atoms with van der Waals surface area (Å²) >= 11 is 1.65. The summed E-state index contributed by atoms with van der Waals surface area (Å²) in [6, 6.07) is 2.88. The summed E-state index contributed by atoms with van der Waals surface area (Å²) in [7, 11) is 0.